The summed E-state index contributed by atoms with van der Waals surface area (Å²) in [6.07, 6.45) is -0.422. The molecule has 2 aliphatic heterocycles. The zero-order chi connectivity index (χ0) is 18.1. The number of nitrogens with zero attached hydrogens (tertiary/aromatic N) is 1. The Labute approximate surface area is 144 Å². The third-order valence-electron chi connectivity index (χ3n) is 4.33. The van der Waals surface area contributed by atoms with Crippen LogP contribution >= 0.6 is 0 Å². The lowest BCUT2D eigenvalue weighted by Crippen LogP contribution is -2.29. The molecule has 1 fully saturated rings. The number of ether oxygens (including phenoxy) is 2. The minimum absolute atomic E-state index is 0.192. The van der Waals surface area contributed by atoms with Crippen molar-refractivity contribution >= 4 is 17.7 Å². The first-order valence-electron chi connectivity index (χ1n) is 7.75. The van der Waals surface area contributed by atoms with Gasteiger partial charge in [0.05, 0.1) is 32.1 Å². The number of carbonyl (C=O) groups is 3. The van der Waals surface area contributed by atoms with E-state index in [2.05, 4.69) is 5.32 Å². The van der Waals surface area contributed by atoms with Gasteiger partial charge < -0.3 is 19.9 Å². The molecule has 0 spiro atoms. The highest BCUT2D eigenvalue weighted by molar-refractivity contribution is 6.15. The van der Waals surface area contributed by atoms with Crippen LogP contribution in [0.4, 0.5) is 0 Å². The van der Waals surface area contributed by atoms with Gasteiger partial charge in [0.25, 0.3) is 0 Å². The first kappa shape index (κ1) is 16.8. The van der Waals surface area contributed by atoms with Gasteiger partial charge in [-0.2, -0.15) is 0 Å². The number of Topliss-reactive ketones (excluding diaryl/α,β-unsaturated/α-hetero) is 1. The van der Waals surface area contributed by atoms with Crippen LogP contribution in [0, 0.1) is 5.92 Å². The number of rotatable bonds is 6. The Kier molecular flexibility index (Phi) is 4.35. The van der Waals surface area contributed by atoms with Crippen molar-refractivity contribution in [3.63, 3.8) is 0 Å². The molecule has 25 heavy (non-hydrogen) atoms. The highest BCUT2D eigenvalue weighted by Gasteiger charge is 2.45. The van der Waals surface area contributed by atoms with Gasteiger partial charge in [-0.1, -0.05) is 0 Å². The molecule has 1 aromatic rings. The summed E-state index contributed by atoms with van der Waals surface area (Å²) in [5.41, 5.74) is 0.496. The van der Waals surface area contributed by atoms with E-state index in [0.29, 0.717) is 36.0 Å². The fourth-order valence-electron chi connectivity index (χ4n) is 3.19. The lowest BCUT2D eigenvalue weighted by atomic mass is 9.90. The van der Waals surface area contributed by atoms with Gasteiger partial charge in [-0.3, -0.25) is 19.3 Å². The van der Waals surface area contributed by atoms with Crippen molar-refractivity contribution in [2.45, 2.75) is 6.42 Å². The van der Waals surface area contributed by atoms with E-state index in [1.54, 1.807) is 12.1 Å². The molecule has 2 aliphatic rings. The lowest BCUT2D eigenvalue weighted by Gasteiger charge is -2.13. The highest BCUT2D eigenvalue weighted by atomic mass is 16.5. The van der Waals surface area contributed by atoms with Gasteiger partial charge in [0.2, 0.25) is 5.91 Å². The van der Waals surface area contributed by atoms with Crippen molar-refractivity contribution in [2.75, 3.05) is 27.3 Å². The minimum atomic E-state index is -1.13. The number of ketones is 1. The normalized spacial score (nSPS) is 18.9. The number of hydrogen-bond acceptors (Lipinski definition) is 6. The van der Waals surface area contributed by atoms with Crippen molar-refractivity contribution in [1.29, 1.82) is 0 Å². The Hall–Kier alpha value is -3.03. The number of amides is 1. The summed E-state index contributed by atoms with van der Waals surface area (Å²) in [7, 11) is 2.95. The SMILES string of the molecule is COc1ccc(C(=O)C2=C3NCCN3C(=O)[C@H]2CC(=O)O)cc1OC. The van der Waals surface area contributed by atoms with Crippen LogP contribution < -0.4 is 14.8 Å². The minimum Gasteiger partial charge on any atom is -0.493 e. The number of nitrogens with one attached hydrogen (secondary N) is 1. The smallest absolute Gasteiger partial charge is 0.304 e. The van der Waals surface area contributed by atoms with Gasteiger partial charge in [0.15, 0.2) is 17.3 Å². The van der Waals surface area contributed by atoms with Crippen LogP contribution in [0.2, 0.25) is 0 Å². The first-order chi connectivity index (χ1) is 12.0. The summed E-state index contributed by atoms with van der Waals surface area (Å²) < 4.78 is 10.4. The predicted octanol–water partition coefficient (Wildman–Crippen LogP) is 0.634. The summed E-state index contributed by atoms with van der Waals surface area (Å²) in [4.78, 5) is 38.1. The van der Waals surface area contributed by atoms with Crippen molar-refractivity contribution in [2.24, 2.45) is 5.92 Å². The third-order valence-corrected chi connectivity index (χ3v) is 4.33. The summed E-state index contributed by atoms with van der Waals surface area (Å²) in [5, 5.41) is 12.1. The maximum Gasteiger partial charge on any atom is 0.304 e. The van der Waals surface area contributed by atoms with Crippen molar-refractivity contribution in [1.82, 2.24) is 10.2 Å². The molecule has 0 bridgehead atoms. The molecule has 0 aromatic heterocycles. The lowest BCUT2D eigenvalue weighted by molar-refractivity contribution is -0.141. The average molecular weight is 346 g/mol. The van der Waals surface area contributed by atoms with Crippen LogP contribution in [0.5, 0.6) is 11.5 Å². The number of carboxylic acids is 1. The Morgan fingerprint density at radius 2 is 2.00 bits per heavy atom. The number of aliphatic carboxylic acids is 1. The molecule has 0 radical (unpaired) electrons. The summed E-state index contributed by atoms with van der Waals surface area (Å²) >= 11 is 0. The molecule has 3 rings (SSSR count). The third kappa shape index (κ3) is 2.79. The Bertz CT molecular complexity index is 785. The van der Waals surface area contributed by atoms with Crippen LogP contribution in [-0.2, 0) is 9.59 Å². The monoisotopic (exact) mass is 346 g/mol. The van der Waals surface area contributed by atoms with E-state index in [1.165, 1.54) is 25.2 Å². The summed E-state index contributed by atoms with van der Waals surface area (Å²) in [6, 6.07) is 4.69. The van der Waals surface area contributed by atoms with Gasteiger partial charge >= 0.3 is 5.97 Å². The number of hydrogen-bond donors (Lipinski definition) is 2. The van der Waals surface area contributed by atoms with E-state index < -0.39 is 24.1 Å². The standard InChI is InChI=1S/C17H18N2O6/c1-24-11-4-3-9(7-12(11)25-2)15(22)14-10(8-13(20)21)17(23)19-6-5-18-16(14)19/h3-4,7,10,18H,5-6,8H2,1-2H3,(H,20,21)/t10-/m0/s1. The second kappa shape index (κ2) is 6.46. The molecule has 2 N–H and O–H groups in total. The molecule has 1 amide bonds. The van der Waals surface area contributed by atoms with E-state index >= 15 is 0 Å². The number of benzene rings is 1. The van der Waals surface area contributed by atoms with Gasteiger partial charge in [-0.05, 0) is 18.2 Å². The van der Waals surface area contributed by atoms with Gasteiger partial charge in [0, 0.05) is 18.7 Å². The van der Waals surface area contributed by atoms with E-state index in [9.17, 15) is 14.4 Å². The van der Waals surface area contributed by atoms with Crippen molar-refractivity contribution in [3.8, 4) is 11.5 Å². The molecular formula is C17H18N2O6. The summed E-state index contributed by atoms with van der Waals surface area (Å²) in [6.45, 7) is 0.955. The van der Waals surface area contributed by atoms with Crippen LogP contribution in [0.3, 0.4) is 0 Å². The van der Waals surface area contributed by atoms with Gasteiger partial charge in [0.1, 0.15) is 5.82 Å². The second-order valence-electron chi connectivity index (χ2n) is 5.73. The van der Waals surface area contributed by atoms with E-state index in [4.69, 9.17) is 14.6 Å². The zero-order valence-corrected chi connectivity index (χ0v) is 13.9. The number of carboxylic acid groups (broad SMARTS) is 1. The van der Waals surface area contributed by atoms with E-state index in [-0.39, 0.29) is 11.5 Å². The summed E-state index contributed by atoms with van der Waals surface area (Å²) in [5.74, 6) is -1.59. The van der Waals surface area contributed by atoms with Crippen LogP contribution in [0.1, 0.15) is 16.8 Å². The predicted molar refractivity (Wildman–Crippen MR) is 86.4 cm³/mol. The Morgan fingerprint density at radius 3 is 2.64 bits per heavy atom. The molecule has 1 aromatic carbocycles. The molecule has 1 saturated heterocycles. The Morgan fingerprint density at radius 1 is 1.28 bits per heavy atom. The fourth-order valence-corrected chi connectivity index (χ4v) is 3.19. The number of carbonyl (C=O) groups excluding carboxylic acids is 2. The zero-order valence-electron chi connectivity index (χ0n) is 13.9. The van der Waals surface area contributed by atoms with Crippen molar-refractivity contribution in [3.05, 3.63) is 35.2 Å². The molecule has 0 saturated carbocycles. The quantitative estimate of drug-likeness (QED) is 0.728. The largest absolute Gasteiger partial charge is 0.493 e. The highest BCUT2D eigenvalue weighted by Crippen LogP contribution is 2.36. The Balaban J connectivity index is 2.03. The molecule has 2 heterocycles. The van der Waals surface area contributed by atoms with Gasteiger partial charge in [-0.25, -0.2) is 0 Å². The van der Waals surface area contributed by atoms with Crippen molar-refractivity contribution < 1.29 is 29.0 Å². The first-order valence-corrected chi connectivity index (χ1v) is 7.75. The van der Waals surface area contributed by atoms with E-state index in [0.717, 1.165) is 0 Å². The molecule has 0 unspecified atom stereocenters. The van der Waals surface area contributed by atoms with Crippen LogP contribution in [0.15, 0.2) is 29.6 Å². The number of fused-ring (bicyclic) bond motifs is 1. The molecule has 8 heteroatoms. The molecule has 0 aliphatic carbocycles. The second-order valence-corrected chi connectivity index (χ2v) is 5.73. The fraction of sp³-hybridized carbons (Fsp3) is 0.353. The average Bonchev–Trinajstić information content (AvgIpc) is 3.16. The molecule has 1 atom stereocenters. The molecular weight excluding hydrogens is 328 g/mol. The van der Waals surface area contributed by atoms with Crippen LogP contribution in [0.25, 0.3) is 0 Å². The maximum atomic E-state index is 13.0. The molecule has 8 nitrogen and oxygen atoms in total. The van der Waals surface area contributed by atoms with E-state index in [1.807, 2.05) is 0 Å². The van der Waals surface area contributed by atoms with Crippen LogP contribution in [-0.4, -0.2) is 55.0 Å². The topological polar surface area (TPSA) is 105 Å². The maximum absolute atomic E-state index is 13.0. The van der Waals surface area contributed by atoms with Gasteiger partial charge in [-0.15, -0.1) is 0 Å². The molecule has 132 valence electrons. The number of methoxy groups -OCH3 is 2.